The molecule has 7 nitrogen and oxygen atoms in total. The SMILES string of the molecule is CN=C(NCCc1nc(-c2cccc(Cl)c2)no1)N1CCC(CN2CCCC2)C1.I. The molecule has 3 heterocycles. The zero-order valence-corrected chi connectivity index (χ0v) is 20.5. The fourth-order valence-electron chi connectivity index (χ4n) is 4.22. The van der Waals surface area contributed by atoms with Crippen LogP contribution in [-0.4, -0.2) is 72.2 Å². The molecule has 2 aromatic rings. The van der Waals surface area contributed by atoms with Crippen molar-refractivity contribution in [3.05, 3.63) is 35.2 Å². The molecule has 0 radical (unpaired) electrons. The third-order valence-corrected chi connectivity index (χ3v) is 5.92. The van der Waals surface area contributed by atoms with Crippen molar-refractivity contribution >= 4 is 41.5 Å². The maximum atomic E-state index is 6.04. The molecule has 0 spiro atoms. The van der Waals surface area contributed by atoms with E-state index >= 15 is 0 Å². The predicted octanol–water partition coefficient (Wildman–Crippen LogP) is 3.54. The first-order chi connectivity index (χ1) is 14.2. The second kappa shape index (κ2) is 11.3. The summed E-state index contributed by atoms with van der Waals surface area (Å²) in [6.07, 6.45) is 4.60. The van der Waals surface area contributed by atoms with E-state index in [0.717, 1.165) is 30.5 Å². The normalized spacial score (nSPS) is 19.9. The number of guanidine groups is 1. The Morgan fingerprint density at radius 1 is 1.30 bits per heavy atom. The number of halogens is 2. The zero-order valence-electron chi connectivity index (χ0n) is 17.4. The summed E-state index contributed by atoms with van der Waals surface area (Å²) in [6.45, 7) is 6.61. The lowest BCUT2D eigenvalue weighted by Gasteiger charge is -2.23. The zero-order chi connectivity index (χ0) is 20.1. The number of nitrogens with zero attached hydrogens (tertiary/aromatic N) is 5. The van der Waals surface area contributed by atoms with Crippen LogP contribution in [0.25, 0.3) is 11.4 Å². The quantitative estimate of drug-likeness (QED) is 0.341. The molecular weight excluding hydrogens is 515 g/mol. The van der Waals surface area contributed by atoms with Crippen LogP contribution < -0.4 is 5.32 Å². The average Bonchev–Trinajstić information content (AvgIpc) is 3.48. The van der Waals surface area contributed by atoms with Gasteiger partial charge in [-0.1, -0.05) is 28.9 Å². The molecule has 2 saturated heterocycles. The molecule has 1 aromatic heterocycles. The Hall–Kier alpha value is -1.39. The number of aliphatic imine (C=N–C) groups is 1. The first kappa shape index (κ1) is 23.3. The monoisotopic (exact) mass is 544 g/mol. The fourth-order valence-corrected chi connectivity index (χ4v) is 4.41. The molecule has 0 amide bonds. The lowest BCUT2D eigenvalue weighted by atomic mass is 10.1. The molecule has 30 heavy (non-hydrogen) atoms. The lowest BCUT2D eigenvalue weighted by molar-refractivity contribution is 0.281. The number of hydrogen-bond donors (Lipinski definition) is 1. The van der Waals surface area contributed by atoms with E-state index in [-0.39, 0.29) is 24.0 Å². The molecule has 164 valence electrons. The van der Waals surface area contributed by atoms with Crippen LogP contribution in [0.4, 0.5) is 0 Å². The Kier molecular flexibility index (Phi) is 8.76. The molecule has 9 heteroatoms. The van der Waals surface area contributed by atoms with Crippen molar-refractivity contribution < 1.29 is 4.52 Å². The smallest absolute Gasteiger partial charge is 0.228 e. The maximum Gasteiger partial charge on any atom is 0.228 e. The Labute approximate surface area is 200 Å². The largest absolute Gasteiger partial charge is 0.356 e. The van der Waals surface area contributed by atoms with Crippen LogP contribution in [0.3, 0.4) is 0 Å². The van der Waals surface area contributed by atoms with Gasteiger partial charge < -0.3 is 19.6 Å². The number of aromatic nitrogens is 2. The van der Waals surface area contributed by atoms with Crippen molar-refractivity contribution in [1.82, 2.24) is 25.3 Å². The molecule has 2 fully saturated rings. The first-order valence-corrected chi connectivity index (χ1v) is 10.9. The molecule has 0 aliphatic carbocycles. The molecule has 0 saturated carbocycles. The summed E-state index contributed by atoms with van der Waals surface area (Å²) in [5.41, 5.74) is 0.859. The predicted molar refractivity (Wildman–Crippen MR) is 131 cm³/mol. The number of hydrogen-bond acceptors (Lipinski definition) is 5. The van der Waals surface area contributed by atoms with Crippen molar-refractivity contribution in [2.75, 3.05) is 46.3 Å². The van der Waals surface area contributed by atoms with E-state index in [0.29, 0.717) is 29.7 Å². The molecule has 1 unspecified atom stereocenters. The van der Waals surface area contributed by atoms with Gasteiger partial charge in [-0.25, -0.2) is 0 Å². The minimum atomic E-state index is 0. The summed E-state index contributed by atoms with van der Waals surface area (Å²) in [5, 5.41) is 8.17. The molecule has 2 aliphatic heterocycles. The molecule has 1 aromatic carbocycles. The van der Waals surface area contributed by atoms with E-state index in [2.05, 4.69) is 30.2 Å². The van der Waals surface area contributed by atoms with Crippen LogP contribution >= 0.6 is 35.6 Å². The molecule has 1 atom stereocenters. The first-order valence-electron chi connectivity index (χ1n) is 10.5. The van der Waals surface area contributed by atoms with Gasteiger partial charge in [0, 0.05) is 50.2 Å². The van der Waals surface area contributed by atoms with E-state index in [9.17, 15) is 0 Å². The van der Waals surface area contributed by atoms with Gasteiger partial charge in [0.1, 0.15) is 0 Å². The minimum Gasteiger partial charge on any atom is -0.356 e. The summed E-state index contributed by atoms with van der Waals surface area (Å²) in [7, 11) is 1.85. The summed E-state index contributed by atoms with van der Waals surface area (Å²) >= 11 is 6.04. The third kappa shape index (κ3) is 6.07. The number of rotatable bonds is 6. The topological polar surface area (TPSA) is 69.8 Å². The molecular formula is C21H30ClIN6O. The highest BCUT2D eigenvalue weighted by molar-refractivity contribution is 14.0. The summed E-state index contributed by atoms with van der Waals surface area (Å²) in [6, 6.07) is 7.47. The number of likely N-dealkylation sites (tertiary alicyclic amines) is 2. The highest BCUT2D eigenvalue weighted by Crippen LogP contribution is 2.21. The Morgan fingerprint density at radius 2 is 2.13 bits per heavy atom. The van der Waals surface area contributed by atoms with E-state index in [1.807, 2.05) is 31.3 Å². The van der Waals surface area contributed by atoms with Gasteiger partial charge >= 0.3 is 0 Å². The molecule has 4 rings (SSSR count). The van der Waals surface area contributed by atoms with E-state index in [1.165, 1.54) is 38.9 Å². The van der Waals surface area contributed by atoms with E-state index in [1.54, 1.807) is 0 Å². The Balaban J connectivity index is 0.00000256. The second-order valence-electron chi connectivity index (χ2n) is 7.85. The van der Waals surface area contributed by atoms with Crippen LogP contribution in [-0.2, 0) is 6.42 Å². The molecule has 1 N–H and O–H groups in total. The van der Waals surface area contributed by atoms with Crippen molar-refractivity contribution in [2.45, 2.75) is 25.7 Å². The maximum absolute atomic E-state index is 6.04. The van der Waals surface area contributed by atoms with Gasteiger partial charge in [0.15, 0.2) is 5.96 Å². The van der Waals surface area contributed by atoms with E-state index < -0.39 is 0 Å². The van der Waals surface area contributed by atoms with Crippen LogP contribution in [0.5, 0.6) is 0 Å². The van der Waals surface area contributed by atoms with Gasteiger partial charge in [-0.15, -0.1) is 24.0 Å². The Bertz CT molecular complexity index is 838. The highest BCUT2D eigenvalue weighted by atomic mass is 127. The van der Waals surface area contributed by atoms with Crippen molar-refractivity contribution in [2.24, 2.45) is 10.9 Å². The van der Waals surface area contributed by atoms with Gasteiger partial charge in [-0.05, 0) is 50.4 Å². The van der Waals surface area contributed by atoms with Crippen molar-refractivity contribution in [1.29, 1.82) is 0 Å². The second-order valence-corrected chi connectivity index (χ2v) is 8.29. The summed E-state index contributed by atoms with van der Waals surface area (Å²) < 4.78 is 5.39. The fraction of sp³-hybridized carbons (Fsp3) is 0.571. The molecule has 0 bridgehead atoms. The number of benzene rings is 1. The van der Waals surface area contributed by atoms with Crippen LogP contribution in [0.2, 0.25) is 5.02 Å². The van der Waals surface area contributed by atoms with E-state index in [4.69, 9.17) is 16.1 Å². The summed E-state index contributed by atoms with van der Waals surface area (Å²) in [4.78, 5) is 13.9. The highest BCUT2D eigenvalue weighted by Gasteiger charge is 2.27. The van der Waals surface area contributed by atoms with Gasteiger partial charge in [0.25, 0.3) is 0 Å². The average molecular weight is 545 g/mol. The van der Waals surface area contributed by atoms with Crippen molar-refractivity contribution in [3.8, 4) is 11.4 Å². The third-order valence-electron chi connectivity index (χ3n) is 5.69. The summed E-state index contributed by atoms with van der Waals surface area (Å²) in [5.74, 6) is 2.87. The van der Waals surface area contributed by atoms with Gasteiger partial charge in [0.2, 0.25) is 11.7 Å². The van der Waals surface area contributed by atoms with Crippen molar-refractivity contribution in [3.63, 3.8) is 0 Å². The molecule has 2 aliphatic rings. The van der Waals surface area contributed by atoms with Crippen LogP contribution in [0, 0.1) is 5.92 Å². The lowest BCUT2D eigenvalue weighted by Crippen LogP contribution is -2.41. The minimum absolute atomic E-state index is 0. The van der Waals surface area contributed by atoms with Gasteiger partial charge in [-0.2, -0.15) is 4.98 Å². The Morgan fingerprint density at radius 3 is 2.90 bits per heavy atom. The van der Waals surface area contributed by atoms with Crippen LogP contribution in [0.15, 0.2) is 33.8 Å². The standard InChI is InChI=1S/C21H29ClN6O.HI/c1-23-21(28-12-8-16(15-28)14-27-10-2-3-11-27)24-9-7-19-25-20(26-29-19)17-5-4-6-18(22)13-17;/h4-6,13,16H,2-3,7-12,14-15H2,1H3,(H,23,24);1H. The number of nitrogens with one attached hydrogen (secondary N) is 1. The van der Waals surface area contributed by atoms with Gasteiger partial charge in [0.05, 0.1) is 0 Å². The van der Waals surface area contributed by atoms with Crippen LogP contribution in [0.1, 0.15) is 25.2 Å². The van der Waals surface area contributed by atoms with Gasteiger partial charge in [-0.3, -0.25) is 4.99 Å².